The van der Waals surface area contributed by atoms with Gasteiger partial charge >= 0.3 is 17.8 Å². The maximum absolute atomic E-state index is 12.5. The molecule has 4 atom stereocenters. The molecule has 1 amide bonds. The second-order valence-electron chi connectivity index (χ2n) is 10.1. The van der Waals surface area contributed by atoms with Crippen LogP contribution in [0.4, 0.5) is 13.2 Å². The highest BCUT2D eigenvalue weighted by Gasteiger charge is 2.51. The topological polar surface area (TPSA) is 123 Å². The Bertz CT molecular complexity index is 1140. The molecule has 36 heavy (non-hydrogen) atoms. The minimum Gasteiger partial charge on any atom is -0.394 e. The summed E-state index contributed by atoms with van der Waals surface area (Å²) in [4.78, 5) is 37.7. The summed E-state index contributed by atoms with van der Waals surface area (Å²) in [6.45, 7) is 13.4. The number of carbonyl (C=O) groups excluding carboxylic acids is 1. The lowest BCUT2D eigenvalue weighted by molar-refractivity contribution is -0.173. The number of nitrogens with one attached hydrogen (secondary N) is 2. The Morgan fingerprint density at radius 1 is 1.42 bits per heavy atom. The number of aliphatic hydroxyl groups excluding tert-OH is 1. The van der Waals surface area contributed by atoms with Crippen molar-refractivity contribution in [1.82, 2.24) is 14.9 Å². The van der Waals surface area contributed by atoms with E-state index in [-0.39, 0.29) is 23.6 Å². The standard InChI is InChI=1S/C23H32F3N3O6Si/c1-7-11-34-15-12-16(35-17(15)19(31)36(5,6)22(2,3)4)29-13-14(18(30)28-21(29)33)9-8-10-27-20(32)23(24,25)26/h7,13,15-17,19,31H,1,10-12H2,2-6H3,(H,27,32)(H,28,30,33)/t15-,16+,17-,19?/m0/s1. The number of alkyl halides is 3. The second kappa shape index (κ2) is 11.2. The van der Waals surface area contributed by atoms with E-state index in [2.05, 4.69) is 23.4 Å². The predicted octanol–water partition coefficient (Wildman–Crippen LogP) is 1.83. The quantitative estimate of drug-likeness (QED) is 0.280. The van der Waals surface area contributed by atoms with Gasteiger partial charge in [0.25, 0.3) is 5.56 Å². The molecule has 1 aromatic rings. The van der Waals surface area contributed by atoms with Gasteiger partial charge in [0.2, 0.25) is 0 Å². The fourth-order valence-electron chi connectivity index (χ4n) is 3.48. The molecule has 0 aliphatic carbocycles. The average molecular weight is 532 g/mol. The molecular formula is C23H32F3N3O6Si. The zero-order valence-corrected chi connectivity index (χ0v) is 21.9. The number of nitrogens with zero attached hydrogens (tertiary/aromatic N) is 1. The smallest absolute Gasteiger partial charge is 0.394 e. The van der Waals surface area contributed by atoms with Gasteiger partial charge in [0.1, 0.15) is 17.9 Å². The van der Waals surface area contributed by atoms with Gasteiger partial charge in [-0.05, 0) is 5.04 Å². The highest BCUT2D eigenvalue weighted by Crippen LogP contribution is 2.43. The summed E-state index contributed by atoms with van der Waals surface area (Å²) in [6, 6.07) is 0. The largest absolute Gasteiger partial charge is 0.471 e. The van der Waals surface area contributed by atoms with Crippen LogP contribution in [0.2, 0.25) is 18.1 Å². The highest BCUT2D eigenvalue weighted by molar-refractivity contribution is 6.81. The van der Waals surface area contributed by atoms with E-state index in [1.54, 1.807) is 11.4 Å². The highest BCUT2D eigenvalue weighted by atomic mass is 28.3. The fourth-order valence-corrected chi connectivity index (χ4v) is 5.48. The summed E-state index contributed by atoms with van der Waals surface area (Å²) in [5.74, 6) is 2.45. The van der Waals surface area contributed by atoms with Gasteiger partial charge < -0.3 is 19.9 Å². The number of aliphatic hydroxyl groups is 1. The van der Waals surface area contributed by atoms with Crippen molar-refractivity contribution in [2.24, 2.45) is 0 Å². The van der Waals surface area contributed by atoms with Crippen LogP contribution in [0.3, 0.4) is 0 Å². The normalized spacial score (nSPS) is 21.4. The average Bonchev–Trinajstić information content (AvgIpc) is 3.17. The molecular weight excluding hydrogens is 499 g/mol. The number of aromatic nitrogens is 2. The lowest BCUT2D eigenvalue weighted by atomic mass is 10.2. The van der Waals surface area contributed by atoms with Crippen LogP contribution in [0.25, 0.3) is 0 Å². The Morgan fingerprint density at radius 3 is 2.61 bits per heavy atom. The predicted molar refractivity (Wildman–Crippen MR) is 129 cm³/mol. The molecule has 2 heterocycles. The Balaban J connectivity index is 2.33. The molecule has 1 aliphatic heterocycles. The number of H-pyrrole nitrogens is 1. The molecule has 13 heteroatoms. The zero-order chi connectivity index (χ0) is 27.5. The van der Waals surface area contributed by atoms with E-state index in [1.165, 1.54) is 0 Å². The van der Waals surface area contributed by atoms with Crippen LogP contribution >= 0.6 is 0 Å². The summed E-state index contributed by atoms with van der Waals surface area (Å²) in [5, 5.41) is 12.7. The Kier molecular flexibility index (Phi) is 9.17. The van der Waals surface area contributed by atoms with Crippen molar-refractivity contribution in [3.63, 3.8) is 0 Å². The molecule has 1 aliphatic rings. The molecule has 200 valence electrons. The molecule has 0 radical (unpaired) electrons. The third-order valence-electron chi connectivity index (χ3n) is 6.62. The van der Waals surface area contributed by atoms with Gasteiger partial charge in [0.05, 0.1) is 33.1 Å². The van der Waals surface area contributed by atoms with E-state index in [1.807, 2.05) is 33.9 Å². The number of aromatic amines is 1. The summed E-state index contributed by atoms with van der Waals surface area (Å²) in [5.41, 5.74) is -2.68. The van der Waals surface area contributed by atoms with E-state index in [0.29, 0.717) is 0 Å². The zero-order valence-electron chi connectivity index (χ0n) is 20.9. The number of carbonyl (C=O) groups is 1. The minimum absolute atomic E-state index is 0.171. The van der Waals surface area contributed by atoms with Crippen molar-refractivity contribution in [2.75, 3.05) is 13.2 Å². The summed E-state index contributed by atoms with van der Waals surface area (Å²) >= 11 is 0. The first-order valence-corrected chi connectivity index (χ1v) is 14.3. The molecule has 1 aromatic heterocycles. The van der Waals surface area contributed by atoms with Crippen LogP contribution in [0.5, 0.6) is 0 Å². The van der Waals surface area contributed by atoms with Gasteiger partial charge in [-0.15, -0.1) is 6.58 Å². The molecule has 1 saturated heterocycles. The molecule has 3 N–H and O–H groups in total. The van der Waals surface area contributed by atoms with Gasteiger partial charge in [-0.3, -0.25) is 19.1 Å². The van der Waals surface area contributed by atoms with Crippen LogP contribution in [0.1, 0.15) is 39.0 Å². The molecule has 0 spiro atoms. The van der Waals surface area contributed by atoms with E-state index >= 15 is 0 Å². The first kappa shape index (κ1) is 29.6. The Labute approximate surface area is 207 Å². The maximum Gasteiger partial charge on any atom is 0.471 e. The monoisotopic (exact) mass is 531 g/mol. The molecule has 0 aromatic carbocycles. The Morgan fingerprint density at radius 2 is 2.06 bits per heavy atom. The van der Waals surface area contributed by atoms with Gasteiger partial charge in [0, 0.05) is 12.6 Å². The number of hydrogen-bond acceptors (Lipinski definition) is 6. The van der Waals surface area contributed by atoms with Crippen LogP contribution in [0, 0.1) is 11.8 Å². The van der Waals surface area contributed by atoms with Crippen molar-refractivity contribution < 1.29 is 32.5 Å². The van der Waals surface area contributed by atoms with Crippen molar-refractivity contribution in [1.29, 1.82) is 0 Å². The second-order valence-corrected chi connectivity index (χ2v) is 15.6. The summed E-state index contributed by atoms with van der Waals surface area (Å²) in [6.07, 6.45) is -4.40. The third-order valence-corrected chi connectivity index (χ3v) is 12.3. The van der Waals surface area contributed by atoms with E-state index < -0.39 is 62.1 Å². The van der Waals surface area contributed by atoms with Crippen molar-refractivity contribution in [2.45, 2.75) is 75.7 Å². The van der Waals surface area contributed by atoms with Gasteiger partial charge in [-0.1, -0.05) is 51.8 Å². The molecule has 0 bridgehead atoms. The van der Waals surface area contributed by atoms with Gasteiger partial charge in [0.15, 0.2) is 0 Å². The van der Waals surface area contributed by atoms with Crippen LogP contribution in [0.15, 0.2) is 28.4 Å². The molecule has 2 rings (SSSR count). The van der Waals surface area contributed by atoms with Gasteiger partial charge in [-0.25, -0.2) is 4.79 Å². The molecule has 1 fully saturated rings. The fraction of sp³-hybridized carbons (Fsp3) is 0.609. The third kappa shape index (κ3) is 6.76. The molecule has 1 unspecified atom stereocenters. The van der Waals surface area contributed by atoms with E-state index in [0.717, 1.165) is 10.8 Å². The van der Waals surface area contributed by atoms with Crippen molar-refractivity contribution >= 4 is 14.0 Å². The van der Waals surface area contributed by atoms with Gasteiger partial charge in [-0.2, -0.15) is 13.2 Å². The number of rotatable bonds is 7. The van der Waals surface area contributed by atoms with Crippen LogP contribution in [-0.2, 0) is 14.3 Å². The van der Waals surface area contributed by atoms with Crippen molar-refractivity contribution in [3.8, 4) is 11.8 Å². The van der Waals surface area contributed by atoms with Crippen LogP contribution < -0.4 is 16.6 Å². The molecule has 9 nitrogen and oxygen atoms in total. The lowest BCUT2D eigenvalue weighted by Gasteiger charge is -2.43. The first-order valence-electron chi connectivity index (χ1n) is 11.3. The maximum atomic E-state index is 12.5. The number of amides is 1. The minimum atomic E-state index is -5.05. The van der Waals surface area contributed by atoms with Crippen LogP contribution in [-0.4, -0.2) is 65.9 Å². The Hall–Kier alpha value is -2.66. The summed E-state index contributed by atoms with van der Waals surface area (Å²) < 4.78 is 49.9. The van der Waals surface area contributed by atoms with E-state index in [4.69, 9.17) is 9.47 Å². The number of halogens is 3. The number of ether oxygens (including phenoxy) is 2. The SMILES string of the molecule is C=CCO[C@H]1C[C@H](n2cc(C#CCNC(=O)C(F)(F)F)c(=O)[nH]c2=O)O[C@@H]1C(O)[Si](C)(C)C(C)(C)C. The number of hydrogen-bond donors (Lipinski definition) is 3. The first-order chi connectivity index (χ1) is 16.5. The van der Waals surface area contributed by atoms with Crippen molar-refractivity contribution in [3.05, 3.63) is 45.3 Å². The molecule has 0 saturated carbocycles. The summed E-state index contributed by atoms with van der Waals surface area (Å²) in [7, 11) is -2.32. The lowest BCUT2D eigenvalue weighted by Crippen LogP contribution is -2.57. The van der Waals surface area contributed by atoms with E-state index in [9.17, 15) is 32.7 Å².